The van der Waals surface area contributed by atoms with Crippen molar-refractivity contribution < 1.29 is 216 Å². The third-order valence-corrected chi connectivity index (χ3v) is 19.8. The maximum absolute atomic E-state index is 13.3. The van der Waals surface area contributed by atoms with Crippen LogP contribution in [0.5, 0.6) is 0 Å². The zero-order valence-corrected chi connectivity index (χ0v) is 58.9. The van der Waals surface area contributed by atoms with Gasteiger partial charge in [-0.15, -0.1) is 0 Å². The SMILES string of the molecule is CC(=O)N[C@@H]1[C@@H](O)[C@H](O[C@@H]2O[C@H](CO)[C@@H](O[C@@H]3O[C@H](CO[C@H]4O[C@H](CO)[C@@H](O)[C@H](O)[C@@H]4O)[C@@H](O)[C@H](O[C@H]4O[C@H](CO)[C@@H](O)[C@H](O)[C@@H]4O[C@@H]4O[C@H](COP(=O)(O)OCCN)[C@@H](O[C@@H]5O[C@H](CO)[C@H](O)[C@H](O[C@@H]6O[C@H](CO)[C@H](O)[C@H](O)[C@H]6O)[C@H]5NC(C)=O)[C@H](O)[C@H]4NC(C)=O)[C@@H]3O)[C@H](O)[C@H]2NC(C)=O)[C@@H](CO)O[C@H]1O. The van der Waals surface area contributed by atoms with Gasteiger partial charge in [0, 0.05) is 34.2 Å². The van der Waals surface area contributed by atoms with Crippen molar-refractivity contribution in [1.82, 2.24) is 21.3 Å². The molecule has 0 aromatic rings. The molecule has 626 valence electrons. The number of ether oxygens (including phenoxy) is 15. The van der Waals surface area contributed by atoms with Gasteiger partial charge in [-0.1, -0.05) is 0 Å². The molecule has 1 unspecified atom stereocenters. The summed E-state index contributed by atoms with van der Waals surface area (Å²) < 4.78 is 112. The van der Waals surface area contributed by atoms with Gasteiger partial charge in [-0.3, -0.25) is 28.2 Å². The van der Waals surface area contributed by atoms with Crippen molar-refractivity contribution in [3.63, 3.8) is 0 Å². The lowest BCUT2D eigenvalue weighted by Crippen LogP contribution is -2.71. The quantitative estimate of drug-likeness (QED) is 0.0287. The first-order valence-corrected chi connectivity index (χ1v) is 35.5. The smallest absolute Gasteiger partial charge is 0.394 e. The molecule has 28 N–H and O–H groups in total. The molecule has 41 atom stereocenters. The first-order valence-electron chi connectivity index (χ1n) is 34.0. The van der Waals surface area contributed by atoms with Crippen molar-refractivity contribution >= 4 is 31.5 Å². The molecule has 50 heteroatoms. The van der Waals surface area contributed by atoms with Gasteiger partial charge in [0.1, 0.15) is 195 Å². The molecule has 0 saturated carbocycles. The van der Waals surface area contributed by atoms with E-state index < -0.39 is 336 Å². The van der Waals surface area contributed by atoms with Crippen molar-refractivity contribution in [1.29, 1.82) is 0 Å². The third-order valence-electron chi connectivity index (χ3n) is 18.8. The number of hydrogen-bond donors (Lipinski definition) is 27. The number of rotatable bonds is 31. The summed E-state index contributed by atoms with van der Waals surface area (Å²) in [5, 5.41) is 242. The van der Waals surface area contributed by atoms with E-state index in [1.165, 1.54) is 0 Å². The number of nitrogens with two attached hydrogens (primary N) is 1. The highest BCUT2D eigenvalue weighted by Gasteiger charge is 2.61. The van der Waals surface area contributed by atoms with Crippen LogP contribution in [0.2, 0.25) is 0 Å². The van der Waals surface area contributed by atoms with Gasteiger partial charge in [-0.2, -0.15) is 0 Å². The highest BCUT2D eigenvalue weighted by atomic mass is 31.2. The molecule has 0 spiro atoms. The molecule has 0 aromatic heterocycles. The van der Waals surface area contributed by atoms with Crippen molar-refractivity contribution in [2.24, 2.45) is 5.73 Å². The number of carbonyl (C=O) groups is 4. The normalized spacial score (nSPS) is 46.6. The lowest BCUT2D eigenvalue weighted by molar-refractivity contribution is -0.397. The first kappa shape index (κ1) is 90.1. The third kappa shape index (κ3) is 21.0. The molecule has 8 aliphatic heterocycles. The molecule has 8 fully saturated rings. The zero-order chi connectivity index (χ0) is 79.8. The number of hydrogen-bond acceptors (Lipinski definition) is 44. The molecule has 8 aliphatic rings. The van der Waals surface area contributed by atoms with Gasteiger partial charge in [0.15, 0.2) is 50.3 Å². The molecule has 0 radical (unpaired) electrons. The molecule has 4 amide bonds. The van der Waals surface area contributed by atoms with Crippen LogP contribution < -0.4 is 27.0 Å². The number of aliphatic hydroxyl groups is 21. The Morgan fingerprint density at radius 1 is 0.324 bits per heavy atom. The standard InChI is InChI=1S/C58H100N5O44P/c1-15(70)60-27-36(79)45(23(11-68)94-51(27)88)102-52-28(61-16(2)71)37(80)46(24(12-69)99-52)104-57-44(87)49(35(78)25(100-57)13-91-55-42(85)39(82)31(74)19(7-64)96-55)106-58-50(41(84)33(76)21(9-66)98-58)107-53-29(62-17(3)72)38(81)47(26(101-53)14-93-108(89,90)92-6-5-59)103-54-30(63-18(4)73)48(34(77)22(10-67)95-54)105-56-43(86)40(83)32(75)20(8-65)97-56/h19-58,64-69,74-88H,5-14,59H2,1-4H3,(H,60,70)(H,61,71)(H,62,72)(H,63,73)(H,89,90)/t19-,20-,21-,22-,23-,24-,25-,26-,27-,28-,29-,30-,31-,32+,33-,34+,35-,36-,37-,38-,39+,40+,41+,42+,43-,44+,45-,46-,47-,48-,49+,50+,51-,52+,53+,54+,55+,56+,57+,58-/m1/s1. The van der Waals surface area contributed by atoms with E-state index in [9.17, 15) is 136 Å². The maximum Gasteiger partial charge on any atom is 0.472 e. The molecule has 8 saturated heterocycles. The summed E-state index contributed by atoms with van der Waals surface area (Å²) in [5.74, 6) is -3.68. The van der Waals surface area contributed by atoms with E-state index in [4.69, 9.17) is 85.8 Å². The van der Waals surface area contributed by atoms with Gasteiger partial charge in [0.2, 0.25) is 23.6 Å². The molecular formula is C58H100N5O44P. The van der Waals surface area contributed by atoms with E-state index in [2.05, 4.69) is 21.3 Å². The summed E-state index contributed by atoms with van der Waals surface area (Å²) in [4.78, 5) is 62.0. The summed E-state index contributed by atoms with van der Waals surface area (Å²) in [6.45, 7) is -5.91. The largest absolute Gasteiger partial charge is 0.472 e. The van der Waals surface area contributed by atoms with Crippen LogP contribution >= 0.6 is 7.82 Å². The number of aliphatic hydroxyl groups excluding tert-OH is 21. The Morgan fingerprint density at radius 2 is 0.667 bits per heavy atom. The molecule has 108 heavy (non-hydrogen) atoms. The fourth-order valence-electron chi connectivity index (χ4n) is 13.3. The van der Waals surface area contributed by atoms with Gasteiger partial charge < -0.3 is 210 Å². The van der Waals surface area contributed by atoms with Gasteiger partial charge >= 0.3 is 7.82 Å². The minimum Gasteiger partial charge on any atom is -0.394 e. The molecule has 8 heterocycles. The average molecular weight is 1600 g/mol. The van der Waals surface area contributed by atoms with Crippen molar-refractivity contribution in [2.45, 2.75) is 273 Å². The number of amides is 4. The lowest BCUT2D eigenvalue weighted by atomic mass is 9.93. The van der Waals surface area contributed by atoms with Gasteiger partial charge in [0.25, 0.3) is 0 Å². The summed E-state index contributed by atoms with van der Waals surface area (Å²) >= 11 is 0. The summed E-state index contributed by atoms with van der Waals surface area (Å²) in [7, 11) is -5.26. The zero-order valence-electron chi connectivity index (χ0n) is 58.0. The fraction of sp³-hybridized carbons (Fsp3) is 0.931. The van der Waals surface area contributed by atoms with Crippen molar-refractivity contribution in [2.75, 3.05) is 66.0 Å². The van der Waals surface area contributed by atoms with Gasteiger partial charge in [-0.25, -0.2) is 4.57 Å². The minimum atomic E-state index is -5.26. The van der Waals surface area contributed by atoms with E-state index in [1.54, 1.807) is 0 Å². The molecular weight excluding hydrogens is 1500 g/mol. The second-order valence-electron chi connectivity index (χ2n) is 26.6. The second-order valence-corrected chi connectivity index (χ2v) is 28.0. The Hall–Kier alpha value is -3.49. The number of nitrogens with one attached hydrogen (secondary N) is 4. The summed E-state index contributed by atoms with van der Waals surface area (Å²) in [5.41, 5.74) is 5.48. The predicted molar refractivity (Wildman–Crippen MR) is 335 cm³/mol. The molecule has 0 bridgehead atoms. The Balaban J connectivity index is 1.14. The fourth-order valence-corrected chi connectivity index (χ4v) is 14.1. The molecule has 0 aliphatic carbocycles. The van der Waals surface area contributed by atoms with Crippen LogP contribution in [0.4, 0.5) is 0 Å². The maximum atomic E-state index is 13.3. The van der Waals surface area contributed by atoms with Crippen LogP contribution in [0, 0.1) is 0 Å². The van der Waals surface area contributed by atoms with E-state index >= 15 is 0 Å². The Labute approximate surface area is 612 Å². The number of phosphoric ester groups is 1. The van der Waals surface area contributed by atoms with Gasteiger partial charge in [-0.05, 0) is 0 Å². The lowest BCUT2D eigenvalue weighted by Gasteiger charge is -2.51. The highest BCUT2D eigenvalue weighted by molar-refractivity contribution is 7.47. The molecule has 0 aromatic carbocycles. The predicted octanol–water partition coefficient (Wildman–Crippen LogP) is -17.8. The molecule has 8 rings (SSSR count). The minimum absolute atomic E-state index is 0.361. The van der Waals surface area contributed by atoms with Crippen molar-refractivity contribution in [3.8, 4) is 0 Å². The summed E-state index contributed by atoms with van der Waals surface area (Å²) in [6, 6.07) is -7.54. The van der Waals surface area contributed by atoms with Crippen LogP contribution in [0.3, 0.4) is 0 Å². The van der Waals surface area contributed by atoms with Crippen LogP contribution in [0.1, 0.15) is 27.7 Å². The van der Waals surface area contributed by atoms with E-state index in [1.807, 2.05) is 0 Å². The monoisotopic (exact) mass is 1600 g/mol. The topological polar surface area (TPSA) is 761 Å². The Bertz CT molecular complexity index is 2900. The van der Waals surface area contributed by atoms with Crippen LogP contribution in [-0.4, -0.2) is 447 Å². The molecule has 49 nitrogen and oxygen atoms in total. The highest BCUT2D eigenvalue weighted by Crippen LogP contribution is 2.45. The first-order chi connectivity index (χ1) is 51.0. The Morgan fingerprint density at radius 3 is 1.18 bits per heavy atom. The second kappa shape index (κ2) is 39.7. The van der Waals surface area contributed by atoms with Crippen LogP contribution in [0.15, 0.2) is 0 Å². The van der Waals surface area contributed by atoms with E-state index in [-0.39, 0.29) is 6.54 Å². The van der Waals surface area contributed by atoms with Gasteiger partial charge in [0.05, 0.1) is 59.5 Å². The van der Waals surface area contributed by atoms with Crippen LogP contribution in [0.25, 0.3) is 0 Å². The van der Waals surface area contributed by atoms with Crippen molar-refractivity contribution in [3.05, 3.63) is 0 Å². The van der Waals surface area contributed by atoms with E-state index in [0.717, 1.165) is 27.7 Å². The van der Waals surface area contributed by atoms with Crippen LogP contribution in [-0.2, 0) is 104 Å². The number of phosphoric acid groups is 1. The average Bonchev–Trinajstić information content (AvgIpc) is 0.766. The Kier molecular flexibility index (Phi) is 33.1. The van der Waals surface area contributed by atoms with E-state index in [0.29, 0.717) is 0 Å². The number of carbonyl (C=O) groups excluding carboxylic acids is 4. The summed E-state index contributed by atoms with van der Waals surface area (Å²) in [6.07, 6.45) is -75.4.